The minimum Gasteiger partial charge on any atom is -0.436 e. The van der Waals surface area contributed by atoms with E-state index in [0.717, 1.165) is 27.8 Å². The van der Waals surface area contributed by atoms with E-state index in [9.17, 15) is 14.9 Å². The fourth-order valence-electron chi connectivity index (χ4n) is 4.29. The monoisotopic (exact) mass is 472 g/mol. The first-order chi connectivity index (χ1) is 16.9. The van der Waals surface area contributed by atoms with Crippen molar-refractivity contribution in [3.8, 4) is 11.5 Å². The number of non-ortho nitro benzene ring substituents is 1. The lowest BCUT2D eigenvalue weighted by molar-refractivity contribution is -0.384. The second-order valence-electron chi connectivity index (χ2n) is 8.54. The number of carbonyl (C=O) groups excluding carboxylic acids is 1. The first-order valence-electron chi connectivity index (χ1n) is 11.3. The molecule has 0 saturated carbocycles. The van der Waals surface area contributed by atoms with Crippen LogP contribution < -0.4 is 10.2 Å². The molecule has 1 aliphatic rings. The number of nitro groups is 1. The zero-order valence-corrected chi connectivity index (χ0v) is 19.4. The number of ether oxygens (including phenoxy) is 1. The Labute approximate surface area is 201 Å². The molecule has 9 nitrogen and oxygen atoms in total. The second-order valence-corrected chi connectivity index (χ2v) is 8.54. The van der Waals surface area contributed by atoms with Crippen LogP contribution in [0.2, 0.25) is 0 Å². The number of carbonyl (C=O) groups is 1. The topological polar surface area (TPSA) is 111 Å². The fourth-order valence-corrected chi connectivity index (χ4v) is 4.29. The molecule has 3 aromatic carbocycles. The SMILES string of the molecule is Cc1cc(C)c2oc(-c3ccc(NC(=O)c4cc([N+](=O)[O-])ccc4N4CCOCC4)cc3)nc2c1. The van der Waals surface area contributed by atoms with Crippen LogP contribution in [-0.2, 0) is 4.74 Å². The predicted octanol–water partition coefficient (Wildman–Crippen LogP) is 5.11. The number of aromatic nitrogens is 1. The summed E-state index contributed by atoms with van der Waals surface area (Å²) in [6.45, 7) is 6.29. The van der Waals surface area contributed by atoms with Gasteiger partial charge in [0.25, 0.3) is 11.6 Å². The van der Waals surface area contributed by atoms with Crippen molar-refractivity contribution < 1.29 is 18.9 Å². The molecule has 2 heterocycles. The smallest absolute Gasteiger partial charge is 0.270 e. The van der Waals surface area contributed by atoms with Gasteiger partial charge in [-0.2, -0.15) is 0 Å². The number of nitrogens with zero attached hydrogens (tertiary/aromatic N) is 3. The van der Waals surface area contributed by atoms with E-state index in [1.807, 2.05) is 36.9 Å². The van der Waals surface area contributed by atoms with Crippen molar-refractivity contribution in [1.82, 2.24) is 4.98 Å². The van der Waals surface area contributed by atoms with E-state index in [0.29, 0.717) is 43.6 Å². The first kappa shape index (κ1) is 22.5. The van der Waals surface area contributed by atoms with Gasteiger partial charge in [-0.1, -0.05) is 6.07 Å². The highest BCUT2D eigenvalue weighted by Gasteiger charge is 2.22. The van der Waals surface area contributed by atoms with Gasteiger partial charge in [0.1, 0.15) is 5.52 Å². The number of rotatable bonds is 5. The van der Waals surface area contributed by atoms with Crippen LogP contribution in [-0.4, -0.2) is 42.1 Å². The summed E-state index contributed by atoms with van der Waals surface area (Å²) in [6.07, 6.45) is 0. The van der Waals surface area contributed by atoms with E-state index < -0.39 is 10.8 Å². The van der Waals surface area contributed by atoms with Crippen molar-refractivity contribution in [2.45, 2.75) is 13.8 Å². The average Bonchev–Trinajstić information content (AvgIpc) is 3.29. The van der Waals surface area contributed by atoms with Gasteiger partial charge in [0, 0.05) is 36.5 Å². The van der Waals surface area contributed by atoms with Crippen LogP contribution in [0.15, 0.2) is 59.0 Å². The maximum atomic E-state index is 13.2. The predicted molar refractivity (Wildman–Crippen MR) is 133 cm³/mol. The molecule has 1 aliphatic heterocycles. The van der Waals surface area contributed by atoms with Gasteiger partial charge in [-0.05, 0) is 61.4 Å². The lowest BCUT2D eigenvalue weighted by atomic mass is 10.1. The lowest BCUT2D eigenvalue weighted by Crippen LogP contribution is -2.37. The second kappa shape index (κ2) is 9.19. The maximum absolute atomic E-state index is 13.2. The number of nitro benzene ring substituents is 1. The molecule has 4 aromatic rings. The molecule has 1 amide bonds. The fraction of sp³-hybridized carbons (Fsp3) is 0.231. The van der Waals surface area contributed by atoms with Crippen molar-refractivity contribution in [1.29, 1.82) is 0 Å². The largest absolute Gasteiger partial charge is 0.436 e. The summed E-state index contributed by atoms with van der Waals surface area (Å²) in [6, 6.07) is 15.5. The number of nitrogens with one attached hydrogen (secondary N) is 1. The van der Waals surface area contributed by atoms with Gasteiger partial charge in [-0.3, -0.25) is 14.9 Å². The highest BCUT2D eigenvalue weighted by Crippen LogP contribution is 2.30. The Morgan fingerprint density at radius 3 is 2.51 bits per heavy atom. The molecule has 5 rings (SSSR count). The number of morpholine rings is 1. The number of fused-ring (bicyclic) bond motifs is 1. The van der Waals surface area contributed by atoms with Crippen LogP contribution in [0.1, 0.15) is 21.5 Å². The molecule has 0 aliphatic carbocycles. The molecule has 1 fully saturated rings. The molecule has 1 aromatic heterocycles. The third-order valence-electron chi connectivity index (χ3n) is 6.00. The summed E-state index contributed by atoms with van der Waals surface area (Å²) >= 11 is 0. The number of oxazole rings is 1. The van der Waals surface area contributed by atoms with E-state index in [1.54, 1.807) is 18.2 Å². The van der Waals surface area contributed by atoms with Crippen molar-refractivity contribution in [2.24, 2.45) is 0 Å². The van der Waals surface area contributed by atoms with Gasteiger partial charge in [0.15, 0.2) is 5.58 Å². The van der Waals surface area contributed by atoms with Crippen molar-refractivity contribution in [3.05, 3.63) is 81.4 Å². The molecule has 1 saturated heterocycles. The average molecular weight is 473 g/mol. The normalized spacial score (nSPS) is 13.7. The third kappa shape index (κ3) is 4.58. The zero-order valence-electron chi connectivity index (χ0n) is 19.4. The summed E-state index contributed by atoms with van der Waals surface area (Å²) in [5, 5.41) is 14.2. The van der Waals surface area contributed by atoms with Gasteiger partial charge in [-0.25, -0.2) is 4.98 Å². The molecule has 0 unspecified atom stereocenters. The molecule has 0 atom stereocenters. The van der Waals surface area contributed by atoms with Gasteiger partial charge < -0.3 is 19.4 Å². The molecular weight excluding hydrogens is 448 g/mol. The van der Waals surface area contributed by atoms with Gasteiger partial charge in [-0.15, -0.1) is 0 Å². The Morgan fingerprint density at radius 1 is 1.06 bits per heavy atom. The number of amides is 1. The van der Waals surface area contributed by atoms with E-state index in [1.165, 1.54) is 12.1 Å². The highest BCUT2D eigenvalue weighted by molar-refractivity contribution is 6.08. The highest BCUT2D eigenvalue weighted by atomic mass is 16.6. The molecule has 35 heavy (non-hydrogen) atoms. The number of hydrogen-bond donors (Lipinski definition) is 1. The summed E-state index contributed by atoms with van der Waals surface area (Å²) in [5.74, 6) is 0.0794. The molecule has 9 heteroatoms. The maximum Gasteiger partial charge on any atom is 0.270 e. The van der Waals surface area contributed by atoms with Crippen LogP contribution in [0.3, 0.4) is 0 Å². The number of benzene rings is 3. The molecule has 1 N–H and O–H groups in total. The van der Waals surface area contributed by atoms with Crippen molar-refractivity contribution >= 4 is 34.1 Å². The Morgan fingerprint density at radius 2 is 1.80 bits per heavy atom. The number of aryl methyl sites for hydroxylation is 2. The minimum atomic E-state index is -0.502. The van der Waals surface area contributed by atoms with E-state index in [-0.39, 0.29) is 11.3 Å². The molecule has 0 bridgehead atoms. The Hall–Kier alpha value is -4.24. The van der Waals surface area contributed by atoms with E-state index >= 15 is 0 Å². The van der Waals surface area contributed by atoms with Crippen molar-refractivity contribution in [3.63, 3.8) is 0 Å². The zero-order chi connectivity index (χ0) is 24.5. The molecule has 0 radical (unpaired) electrons. The number of anilines is 2. The van der Waals surface area contributed by atoms with Crippen LogP contribution in [0.5, 0.6) is 0 Å². The lowest BCUT2D eigenvalue weighted by Gasteiger charge is -2.30. The Kier molecular flexibility index (Phi) is 5.92. The quantitative estimate of drug-likeness (QED) is 0.317. The minimum absolute atomic E-state index is 0.135. The summed E-state index contributed by atoms with van der Waals surface area (Å²) in [7, 11) is 0. The Balaban J connectivity index is 1.40. The van der Waals surface area contributed by atoms with E-state index in [4.69, 9.17) is 9.15 Å². The summed E-state index contributed by atoms with van der Waals surface area (Å²) in [4.78, 5) is 30.6. The Bertz CT molecular complexity index is 1420. The molecule has 178 valence electrons. The third-order valence-corrected chi connectivity index (χ3v) is 6.00. The first-order valence-corrected chi connectivity index (χ1v) is 11.3. The molecule has 0 spiro atoms. The molecular formula is C26H24N4O5. The van der Waals surface area contributed by atoms with Crippen LogP contribution in [0.25, 0.3) is 22.6 Å². The summed E-state index contributed by atoms with van der Waals surface area (Å²) in [5.41, 5.74) is 5.78. The van der Waals surface area contributed by atoms with Crippen molar-refractivity contribution in [2.75, 3.05) is 36.5 Å². The van der Waals surface area contributed by atoms with Crippen LogP contribution in [0, 0.1) is 24.0 Å². The van der Waals surface area contributed by atoms with Gasteiger partial charge in [0.2, 0.25) is 5.89 Å². The number of hydrogen-bond acceptors (Lipinski definition) is 7. The van der Waals surface area contributed by atoms with Crippen LogP contribution >= 0.6 is 0 Å². The standard InChI is InChI=1S/C26H24N4O5/c1-16-13-17(2)24-22(14-16)28-26(35-24)18-3-5-19(6-4-18)27-25(31)21-15-20(30(32)33)7-8-23(21)29-9-11-34-12-10-29/h3-8,13-15H,9-12H2,1-2H3,(H,27,31). The van der Waals surface area contributed by atoms with Gasteiger partial charge in [0.05, 0.1) is 29.4 Å². The van der Waals surface area contributed by atoms with E-state index in [2.05, 4.69) is 16.4 Å². The van der Waals surface area contributed by atoms with Gasteiger partial charge >= 0.3 is 0 Å². The van der Waals surface area contributed by atoms with Crippen LogP contribution in [0.4, 0.5) is 17.1 Å². The summed E-state index contributed by atoms with van der Waals surface area (Å²) < 4.78 is 11.4.